The predicted molar refractivity (Wildman–Crippen MR) is 65.7 cm³/mol. The van der Waals surface area contributed by atoms with Gasteiger partial charge in [0.2, 0.25) is 5.91 Å². The highest BCUT2D eigenvalue weighted by molar-refractivity contribution is 5.81. The van der Waals surface area contributed by atoms with E-state index in [0.29, 0.717) is 13.2 Å². The smallest absolute Gasteiger partial charge is 0.249 e. The number of nitrogens with one attached hydrogen (secondary N) is 1. The van der Waals surface area contributed by atoms with E-state index in [9.17, 15) is 4.79 Å². The summed E-state index contributed by atoms with van der Waals surface area (Å²) in [6.07, 6.45) is 3.28. The molecule has 3 N–H and O–H groups in total. The van der Waals surface area contributed by atoms with Crippen molar-refractivity contribution in [2.24, 2.45) is 5.73 Å². The third-order valence-corrected chi connectivity index (χ3v) is 3.01. The molecule has 0 radical (unpaired) electrons. The van der Waals surface area contributed by atoms with Crippen LogP contribution in [-0.4, -0.2) is 44.4 Å². The van der Waals surface area contributed by atoms with Gasteiger partial charge in [-0.3, -0.25) is 4.79 Å². The van der Waals surface area contributed by atoms with Crippen LogP contribution in [0.15, 0.2) is 0 Å². The van der Waals surface area contributed by atoms with Gasteiger partial charge in [-0.2, -0.15) is 0 Å². The predicted octanol–water partition coefficient (Wildman–Crippen LogP) is 0.424. The van der Waals surface area contributed by atoms with Crippen LogP contribution in [0.4, 0.5) is 0 Å². The lowest BCUT2D eigenvalue weighted by Crippen LogP contribution is -2.43. The fourth-order valence-electron chi connectivity index (χ4n) is 2.11. The van der Waals surface area contributed by atoms with Crippen LogP contribution in [0, 0.1) is 0 Å². The van der Waals surface area contributed by atoms with Crippen molar-refractivity contribution in [2.75, 3.05) is 20.3 Å². The maximum Gasteiger partial charge on any atom is 0.249 e. The molecule has 0 aromatic heterocycles. The zero-order chi connectivity index (χ0) is 12.7. The van der Waals surface area contributed by atoms with Crippen LogP contribution in [-0.2, 0) is 14.3 Å². The summed E-state index contributed by atoms with van der Waals surface area (Å²) in [4.78, 5) is 11.9. The minimum atomic E-state index is -0.334. The monoisotopic (exact) mass is 244 g/mol. The van der Waals surface area contributed by atoms with Gasteiger partial charge in [0.25, 0.3) is 0 Å². The minimum Gasteiger partial charge on any atom is -0.383 e. The molecule has 0 aromatic carbocycles. The zero-order valence-corrected chi connectivity index (χ0v) is 10.8. The fraction of sp³-hybridized carbons (Fsp3) is 0.917. The van der Waals surface area contributed by atoms with Crippen molar-refractivity contribution in [2.45, 2.75) is 50.9 Å². The largest absolute Gasteiger partial charge is 0.383 e. The number of hydrogen-bond donors (Lipinski definition) is 2. The molecule has 1 rings (SSSR count). The van der Waals surface area contributed by atoms with Crippen LogP contribution in [0.3, 0.4) is 0 Å². The van der Waals surface area contributed by atoms with Crippen molar-refractivity contribution in [3.63, 3.8) is 0 Å². The van der Waals surface area contributed by atoms with Crippen molar-refractivity contribution in [3.05, 3.63) is 0 Å². The molecule has 1 aliphatic heterocycles. The van der Waals surface area contributed by atoms with Gasteiger partial charge in [0.05, 0.1) is 18.8 Å². The van der Waals surface area contributed by atoms with E-state index in [1.165, 1.54) is 0 Å². The molecule has 1 amide bonds. The quantitative estimate of drug-likeness (QED) is 0.681. The Balaban J connectivity index is 2.36. The van der Waals surface area contributed by atoms with Gasteiger partial charge in [0.1, 0.15) is 6.10 Å². The summed E-state index contributed by atoms with van der Waals surface area (Å²) in [6.45, 7) is 3.12. The molecule has 1 aliphatic rings. The molecule has 0 aromatic rings. The second kappa shape index (κ2) is 7.63. The van der Waals surface area contributed by atoms with E-state index < -0.39 is 0 Å². The van der Waals surface area contributed by atoms with Gasteiger partial charge in [-0.15, -0.1) is 0 Å². The Hall–Kier alpha value is -0.650. The number of ether oxygens (including phenoxy) is 2. The van der Waals surface area contributed by atoms with Crippen molar-refractivity contribution < 1.29 is 14.3 Å². The SMILES string of the molecule is CCCC(COC)NC(=O)C1CCC(CN)O1. The first kappa shape index (κ1) is 14.4. The maximum atomic E-state index is 11.9. The standard InChI is InChI=1S/C12H24N2O3/c1-3-4-9(8-16-2)14-12(15)11-6-5-10(7-13)17-11/h9-11H,3-8,13H2,1-2H3,(H,14,15). The zero-order valence-electron chi connectivity index (χ0n) is 10.8. The van der Waals surface area contributed by atoms with Gasteiger partial charge in [-0.1, -0.05) is 13.3 Å². The second-order valence-corrected chi connectivity index (χ2v) is 4.51. The van der Waals surface area contributed by atoms with E-state index in [4.69, 9.17) is 15.2 Å². The first-order valence-corrected chi connectivity index (χ1v) is 6.36. The van der Waals surface area contributed by atoms with Crippen molar-refractivity contribution >= 4 is 5.91 Å². The van der Waals surface area contributed by atoms with Crippen LogP contribution >= 0.6 is 0 Å². The topological polar surface area (TPSA) is 73.6 Å². The van der Waals surface area contributed by atoms with Gasteiger partial charge >= 0.3 is 0 Å². The van der Waals surface area contributed by atoms with Crippen LogP contribution in [0.5, 0.6) is 0 Å². The molecule has 17 heavy (non-hydrogen) atoms. The summed E-state index contributed by atoms with van der Waals surface area (Å²) < 4.78 is 10.6. The Bertz CT molecular complexity index is 230. The third-order valence-electron chi connectivity index (χ3n) is 3.01. The maximum absolute atomic E-state index is 11.9. The fourth-order valence-corrected chi connectivity index (χ4v) is 2.11. The van der Waals surface area contributed by atoms with Gasteiger partial charge in [-0.05, 0) is 19.3 Å². The lowest BCUT2D eigenvalue weighted by atomic mass is 10.1. The Kier molecular flexibility index (Phi) is 6.47. The van der Waals surface area contributed by atoms with E-state index in [-0.39, 0.29) is 24.2 Å². The van der Waals surface area contributed by atoms with Crippen molar-refractivity contribution in [1.82, 2.24) is 5.32 Å². The van der Waals surface area contributed by atoms with Crippen molar-refractivity contribution in [1.29, 1.82) is 0 Å². The molecule has 5 heteroatoms. The van der Waals surface area contributed by atoms with E-state index >= 15 is 0 Å². The Labute approximate surface area is 103 Å². The molecule has 0 bridgehead atoms. The lowest BCUT2D eigenvalue weighted by Gasteiger charge is -2.20. The molecule has 0 spiro atoms. The molecular weight excluding hydrogens is 220 g/mol. The van der Waals surface area contributed by atoms with Gasteiger partial charge in [0.15, 0.2) is 0 Å². The number of carbonyl (C=O) groups is 1. The normalized spacial score (nSPS) is 25.8. The van der Waals surface area contributed by atoms with Crippen LogP contribution in [0.1, 0.15) is 32.6 Å². The van der Waals surface area contributed by atoms with E-state index in [0.717, 1.165) is 25.7 Å². The highest BCUT2D eigenvalue weighted by Crippen LogP contribution is 2.19. The van der Waals surface area contributed by atoms with Crippen molar-refractivity contribution in [3.8, 4) is 0 Å². The molecule has 3 atom stereocenters. The number of methoxy groups -OCH3 is 1. The average molecular weight is 244 g/mol. The van der Waals surface area contributed by atoms with Crippen LogP contribution in [0.2, 0.25) is 0 Å². The van der Waals surface area contributed by atoms with E-state index in [1.807, 2.05) is 0 Å². The van der Waals surface area contributed by atoms with E-state index in [1.54, 1.807) is 7.11 Å². The van der Waals surface area contributed by atoms with Gasteiger partial charge < -0.3 is 20.5 Å². The summed E-state index contributed by atoms with van der Waals surface area (Å²) in [5, 5.41) is 2.98. The summed E-state index contributed by atoms with van der Waals surface area (Å²) in [6, 6.07) is 0.0815. The highest BCUT2D eigenvalue weighted by Gasteiger charge is 2.30. The highest BCUT2D eigenvalue weighted by atomic mass is 16.5. The summed E-state index contributed by atoms with van der Waals surface area (Å²) >= 11 is 0. The van der Waals surface area contributed by atoms with Gasteiger partial charge in [0, 0.05) is 13.7 Å². The number of nitrogens with two attached hydrogens (primary N) is 1. The number of carbonyl (C=O) groups excluding carboxylic acids is 1. The molecule has 1 saturated heterocycles. The molecule has 0 aliphatic carbocycles. The minimum absolute atomic E-state index is 0.0311. The first-order chi connectivity index (χ1) is 8.21. The summed E-state index contributed by atoms with van der Waals surface area (Å²) in [7, 11) is 1.64. The molecular formula is C12H24N2O3. The van der Waals surface area contributed by atoms with Crippen LogP contribution < -0.4 is 11.1 Å². The Morgan fingerprint density at radius 3 is 2.88 bits per heavy atom. The van der Waals surface area contributed by atoms with Gasteiger partial charge in [-0.25, -0.2) is 0 Å². The summed E-state index contributed by atoms with van der Waals surface area (Å²) in [5.74, 6) is -0.0311. The molecule has 1 heterocycles. The second-order valence-electron chi connectivity index (χ2n) is 4.51. The van der Waals surface area contributed by atoms with E-state index in [2.05, 4.69) is 12.2 Å². The Morgan fingerprint density at radius 1 is 1.59 bits per heavy atom. The molecule has 0 saturated carbocycles. The number of hydrogen-bond acceptors (Lipinski definition) is 4. The van der Waals surface area contributed by atoms with Crippen LogP contribution in [0.25, 0.3) is 0 Å². The third kappa shape index (κ3) is 4.61. The molecule has 100 valence electrons. The lowest BCUT2D eigenvalue weighted by molar-refractivity contribution is -0.133. The summed E-state index contributed by atoms with van der Waals surface area (Å²) in [5.41, 5.74) is 5.52. The molecule has 3 unspecified atom stereocenters. The molecule has 5 nitrogen and oxygen atoms in total. The Morgan fingerprint density at radius 2 is 2.35 bits per heavy atom. The first-order valence-electron chi connectivity index (χ1n) is 6.36. The number of rotatable bonds is 7. The average Bonchev–Trinajstić information content (AvgIpc) is 2.78. The molecule has 1 fully saturated rings. The number of amides is 1.